The van der Waals surface area contributed by atoms with Gasteiger partial charge in [-0.1, -0.05) is 47.6 Å². The van der Waals surface area contributed by atoms with Crippen molar-refractivity contribution in [2.24, 2.45) is 0 Å². The summed E-state index contributed by atoms with van der Waals surface area (Å²) in [6, 6.07) is 15.7. The highest BCUT2D eigenvalue weighted by atomic mass is 35.5. The SMILES string of the molecule is C[NH+]1CC[NH+]([C@H]2Cc3ccccc3Sc3cccc(Cl)c32)CC1. The van der Waals surface area contributed by atoms with Gasteiger partial charge in [0.2, 0.25) is 0 Å². The van der Waals surface area contributed by atoms with Crippen LogP contribution in [0.4, 0.5) is 0 Å². The Morgan fingerprint density at radius 2 is 1.70 bits per heavy atom. The maximum Gasteiger partial charge on any atom is 0.127 e. The summed E-state index contributed by atoms with van der Waals surface area (Å²) in [7, 11) is 2.30. The molecule has 0 unspecified atom stereocenters. The van der Waals surface area contributed by atoms with Crippen molar-refractivity contribution in [2.75, 3.05) is 33.2 Å². The molecule has 2 aromatic carbocycles. The van der Waals surface area contributed by atoms with Crippen molar-refractivity contribution in [2.45, 2.75) is 22.3 Å². The molecule has 1 saturated heterocycles. The third-order valence-electron chi connectivity index (χ3n) is 5.22. The molecule has 23 heavy (non-hydrogen) atoms. The first-order valence-electron chi connectivity index (χ1n) is 8.42. The highest BCUT2D eigenvalue weighted by Gasteiger charge is 2.34. The minimum Gasteiger partial charge on any atom is -0.328 e. The van der Waals surface area contributed by atoms with E-state index in [-0.39, 0.29) is 0 Å². The fourth-order valence-corrected chi connectivity index (χ4v) is 5.39. The van der Waals surface area contributed by atoms with Gasteiger partial charge in [0.25, 0.3) is 0 Å². The minimum atomic E-state index is 0.475. The Kier molecular flexibility index (Phi) is 4.37. The Labute approximate surface area is 147 Å². The van der Waals surface area contributed by atoms with Gasteiger partial charge in [0.15, 0.2) is 0 Å². The van der Waals surface area contributed by atoms with E-state index in [9.17, 15) is 0 Å². The molecule has 120 valence electrons. The van der Waals surface area contributed by atoms with E-state index in [4.69, 9.17) is 11.6 Å². The van der Waals surface area contributed by atoms with Crippen molar-refractivity contribution in [1.29, 1.82) is 0 Å². The number of likely N-dealkylation sites (N-methyl/N-ethyl adjacent to an activating group) is 1. The average molecular weight is 347 g/mol. The molecule has 2 aliphatic rings. The number of nitrogens with one attached hydrogen (secondary N) is 2. The number of benzene rings is 2. The lowest BCUT2D eigenvalue weighted by Crippen LogP contribution is -3.27. The van der Waals surface area contributed by atoms with Crippen molar-refractivity contribution in [3.05, 3.63) is 58.6 Å². The summed E-state index contributed by atoms with van der Waals surface area (Å²) < 4.78 is 0. The predicted octanol–water partition coefficient (Wildman–Crippen LogP) is 1.50. The Balaban J connectivity index is 1.78. The van der Waals surface area contributed by atoms with E-state index < -0.39 is 0 Å². The van der Waals surface area contributed by atoms with E-state index in [1.54, 1.807) is 9.80 Å². The van der Waals surface area contributed by atoms with E-state index in [1.807, 2.05) is 11.8 Å². The molecule has 4 heteroatoms. The van der Waals surface area contributed by atoms with Crippen molar-refractivity contribution in [1.82, 2.24) is 0 Å². The third kappa shape index (κ3) is 3.03. The molecule has 1 atom stereocenters. The van der Waals surface area contributed by atoms with E-state index in [1.165, 1.54) is 47.1 Å². The van der Waals surface area contributed by atoms with Crippen LogP contribution in [0.3, 0.4) is 0 Å². The first-order chi connectivity index (χ1) is 11.2. The van der Waals surface area contributed by atoms with E-state index >= 15 is 0 Å². The van der Waals surface area contributed by atoms with Crippen LogP contribution in [0, 0.1) is 0 Å². The summed E-state index contributed by atoms with van der Waals surface area (Å²) in [5.74, 6) is 0. The number of hydrogen-bond acceptors (Lipinski definition) is 1. The van der Waals surface area contributed by atoms with Crippen LogP contribution in [0.5, 0.6) is 0 Å². The molecule has 0 saturated carbocycles. The van der Waals surface area contributed by atoms with Gasteiger partial charge in [-0.05, 0) is 23.8 Å². The number of rotatable bonds is 1. The summed E-state index contributed by atoms with van der Waals surface area (Å²) in [6.07, 6.45) is 1.09. The molecular weight excluding hydrogens is 324 g/mol. The lowest BCUT2D eigenvalue weighted by molar-refractivity contribution is -1.02. The Bertz CT molecular complexity index is 710. The first-order valence-corrected chi connectivity index (χ1v) is 9.62. The Hall–Kier alpha value is -1.00. The minimum absolute atomic E-state index is 0.475. The highest BCUT2D eigenvalue weighted by Crippen LogP contribution is 2.42. The molecule has 0 radical (unpaired) electrons. The van der Waals surface area contributed by atoms with E-state index in [0.717, 1.165) is 11.4 Å². The summed E-state index contributed by atoms with van der Waals surface area (Å²) in [5, 5.41) is 0.937. The summed E-state index contributed by atoms with van der Waals surface area (Å²) in [4.78, 5) is 6.07. The summed E-state index contributed by atoms with van der Waals surface area (Å²) in [6.45, 7) is 4.96. The van der Waals surface area contributed by atoms with Crippen LogP contribution in [-0.2, 0) is 6.42 Å². The molecule has 4 rings (SSSR count). The molecule has 0 aliphatic carbocycles. The second-order valence-electron chi connectivity index (χ2n) is 6.73. The lowest BCUT2D eigenvalue weighted by atomic mass is 9.96. The van der Waals surface area contributed by atoms with Crippen LogP contribution in [0.25, 0.3) is 0 Å². The van der Waals surface area contributed by atoms with E-state index in [2.05, 4.69) is 49.5 Å². The third-order valence-corrected chi connectivity index (χ3v) is 6.74. The van der Waals surface area contributed by atoms with Gasteiger partial charge in [-0.3, -0.25) is 0 Å². The molecular formula is C19H23ClN2S+2. The smallest absolute Gasteiger partial charge is 0.127 e. The topological polar surface area (TPSA) is 8.88 Å². The standard InChI is InChI=1S/C19H21ClN2S/c1-21-9-11-22(12-10-21)16-13-14-5-2-3-7-17(14)23-18-8-4-6-15(20)19(16)18/h2-8,16H,9-13H2,1H3/p+2/t16-/m0/s1. The molecule has 0 bridgehead atoms. The number of halogens is 1. The van der Waals surface area contributed by atoms with Gasteiger partial charge in [0.1, 0.15) is 32.2 Å². The normalized spacial score (nSPS) is 27.0. The quantitative estimate of drug-likeness (QED) is 0.795. The van der Waals surface area contributed by atoms with Gasteiger partial charge in [-0.25, -0.2) is 0 Å². The number of piperazine rings is 1. The molecule has 2 nitrogen and oxygen atoms in total. The van der Waals surface area contributed by atoms with Gasteiger partial charge < -0.3 is 9.80 Å². The monoisotopic (exact) mass is 346 g/mol. The maximum atomic E-state index is 6.67. The molecule has 2 N–H and O–H groups in total. The van der Waals surface area contributed by atoms with Gasteiger partial charge in [0, 0.05) is 21.8 Å². The second kappa shape index (κ2) is 6.48. The van der Waals surface area contributed by atoms with Crippen LogP contribution in [0.15, 0.2) is 52.3 Å². The predicted molar refractivity (Wildman–Crippen MR) is 95.8 cm³/mol. The molecule has 2 heterocycles. The van der Waals surface area contributed by atoms with Crippen LogP contribution in [0.2, 0.25) is 5.02 Å². The Morgan fingerprint density at radius 1 is 0.957 bits per heavy atom. The van der Waals surface area contributed by atoms with Crippen molar-refractivity contribution in [3.8, 4) is 0 Å². The first kappa shape index (κ1) is 15.5. The van der Waals surface area contributed by atoms with Crippen LogP contribution >= 0.6 is 23.4 Å². The maximum absolute atomic E-state index is 6.67. The van der Waals surface area contributed by atoms with E-state index in [0.29, 0.717) is 6.04 Å². The van der Waals surface area contributed by atoms with Crippen molar-refractivity contribution in [3.63, 3.8) is 0 Å². The van der Waals surface area contributed by atoms with Gasteiger partial charge >= 0.3 is 0 Å². The number of quaternary nitrogens is 2. The van der Waals surface area contributed by atoms with Crippen LogP contribution in [-0.4, -0.2) is 33.2 Å². The Morgan fingerprint density at radius 3 is 2.52 bits per heavy atom. The number of fused-ring (bicyclic) bond motifs is 2. The number of hydrogen-bond donors (Lipinski definition) is 2. The summed E-state index contributed by atoms with van der Waals surface area (Å²) in [5.41, 5.74) is 2.83. The zero-order chi connectivity index (χ0) is 15.8. The molecule has 0 spiro atoms. The van der Waals surface area contributed by atoms with Crippen LogP contribution < -0.4 is 9.80 Å². The van der Waals surface area contributed by atoms with Gasteiger partial charge in [0.05, 0.1) is 12.1 Å². The molecule has 2 aromatic rings. The fraction of sp³-hybridized carbons (Fsp3) is 0.368. The van der Waals surface area contributed by atoms with Gasteiger partial charge in [-0.15, -0.1) is 0 Å². The molecule has 1 fully saturated rings. The van der Waals surface area contributed by atoms with Crippen molar-refractivity contribution < 1.29 is 9.80 Å². The second-order valence-corrected chi connectivity index (χ2v) is 8.22. The van der Waals surface area contributed by atoms with Crippen LogP contribution in [0.1, 0.15) is 17.2 Å². The average Bonchev–Trinajstić information content (AvgIpc) is 2.73. The highest BCUT2D eigenvalue weighted by molar-refractivity contribution is 7.99. The molecule has 0 aromatic heterocycles. The largest absolute Gasteiger partial charge is 0.328 e. The van der Waals surface area contributed by atoms with Crippen molar-refractivity contribution >= 4 is 23.4 Å². The molecule has 2 aliphatic heterocycles. The molecule has 0 amide bonds. The lowest BCUT2D eigenvalue weighted by Gasteiger charge is -2.34. The summed E-state index contributed by atoms with van der Waals surface area (Å²) >= 11 is 8.55. The van der Waals surface area contributed by atoms with Gasteiger partial charge in [-0.2, -0.15) is 0 Å². The zero-order valence-electron chi connectivity index (χ0n) is 13.4. The zero-order valence-corrected chi connectivity index (χ0v) is 15.0. The fourth-order valence-electron chi connectivity index (χ4n) is 3.85.